The Balaban J connectivity index is 1.64. The number of nitrogens with zero attached hydrogens (tertiary/aromatic N) is 1. The van der Waals surface area contributed by atoms with Crippen LogP contribution in [-0.2, 0) is 9.47 Å². The van der Waals surface area contributed by atoms with Gasteiger partial charge in [0.05, 0.1) is 18.3 Å². The third-order valence-corrected chi connectivity index (χ3v) is 5.04. The summed E-state index contributed by atoms with van der Waals surface area (Å²) in [7, 11) is 0. The Morgan fingerprint density at radius 1 is 1.37 bits per heavy atom. The van der Waals surface area contributed by atoms with Gasteiger partial charge in [-0.3, -0.25) is 4.90 Å². The maximum atomic E-state index is 9.66. The fraction of sp³-hybridized carbons (Fsp3) is 1.00. The summed E-state index contributed by atoms with van der Waals surface area (Å²) in [6.07, 6.45) is 6.55. The summed E-state index contributed by atoms with van der Waals surface area (Å²) < 4.78 is 11.6. The molecule has 4 atom stereocenters. The molecule has 0 saturated carbocycles. The smallest absolute Gasteiger partial charge is 0.0951 e. The molecule has 4 heteroatoms. The first-order chi connectivity index (χ1) is 9.19. The molecule has 1 spiro atoms. The third kappa shape index (κ3) is 2.97. The molecular formula is C15H27NO3. The second kappa shape index (κ2) is 5.68. The molecule has 110 valence electrons. The molecule has 19 heavy (non-hydrogen) atoms. The fourth-order valence-corrected chi connectivity index (χ4v) is 4.13. The zero-order valence-corrected chi connectivity index (χ0v) is 12.0. The van der Waals surface area contributed by atoms with Crippen LogP contribution in [0, 0.1) is 0 Å². The lowest BCUT2D eigenvalue weighted by atomic mass is 9.88. The molecule has 3 fully saturated rings. The molecule has 4 unspecified atom stereocenters. The standard InChI is InChI=1S/C15H27NO3/c1-12(17)9-13-3-2-6-16(13)14-4-7-19-15(10-14)5-8-18-11-15/h12-14,17H,2-11H2,1H3. The van der Waals surface area contributed by atoms with Crippen LogP contribution in [0.1, 0.15) is 45.4 Å². The molecule has 3 heterocycles. The van der Waals surface area contributed by atoms with Crippen LogP contribution in [0.5, 0.6) is 0 Å². The van der Waals surface area contributed by atoms with Crippen LogP contribution in [0.25, 0.3) is 0 Å². The monoisotopic (exact) mass is 269 g/mol. The van der Waals surface area contributed by atoms with Gasteiger partial charge in [-0.25, -0.2) is 0 Å². The Hall–Kier alpha value is -0.160. The molecule has 3 rings (SSSR count). The predicted octanol–water partition coefficient (Wildman–Crippen LogP) is 1.56. The fourth-order valence-electron chi connectivity index (χ4n) is 4.13. The maximum Gasteiger partial charge on any atom is 0.0951 e. The number of aliphatic hydroxyl groups is 1. The van der Waals surface area contributed by atoms with E-state index in [2.05, 4.69) is 4.90 Å². The van der Waals surface area contributed by atoms with Crippen molar-refractivity contribution in [1.82, 2.24) is 4.90 Å². The van der Waals surface area contributed by atoms with E-state index in [1.54, 1.807) is 0 Å². The molecule has 3 saturated heterocycles. The van der Waals surface area contributed by atoms with Crippen LogP contribution in [0.3, 0.4) is 0 Å². The van der Waals surface area contributed by atoms with Crippen molar-refractivity contribution in [2.24, 2.45) is 0 Å². The van der Waals surface area contributed by atoms with Crippen LogP contribution in [0.4, 0.5) is 0 Å². The largest absolute Gasteiger partial charge is 0.393 e. The lowest BCUT2D eigenvalue weighted by Crippen LogP contribution is -2.50. The molecular weight excluding hydrogens is 242 g/mol. The highest BCUT2D eigenvalue weighted by atomic mass is 16.6. The van der Waals surface area contributed by atoms with Gasteiger partial charge in [-0.2, -0.15) is 0 Å². The topological polar surface area (TPSA) is 41.9 Å². The van der Waals surface area contributed by atoms with Gasteiger partial charge >= 0.3 is 0 Å². The maximum absolute atomic E-state index is 9.66. The van der Waals surface area contributed by atoms with Gasteiger partial charge in [0, 0.05) is 31.7 Å². The molecule has 4 nitrogen and oxygen atoms in total. The summed E-state index contributed by atoms with van der Waals surface area (Å²) in [5.74, 6) is 0. The minimum absolute atomic E-state index is 0.000880. The van der Waals surface area contributed by atoms with Crippen molar-refractivity contribution in [2.45, 2.75) is 69.2 Å². The normalized spacial score (nSPS) is 42.0. The van der Waals surface area contributed by atoms with Gasteiger partial charge in [0.1, 0.15) is 0 Å². The van der Waals surface area contributed by atoms with Crippen LogP contribution >= 0.6 is 0 Å². The lowest BCUT2D eigenvalue weighted by molar-refractivity contribution is -0.108. The van der Waals surface area contributed by atoms with Crippen LogP contribution < -0.4 is 0 Å². The summed E-state index contributed by atoms with van der Waals surface area (Å²) in [6.45, 7) is 5.60. The zero-order valence-electron chi connectivity index (χ0n) is 12.0. The number of aliphatic hydroxyl groups excluding tert-OH is 1. The van der Waals surface area contributed by atoms with Gasteiger partial charge in [-0.1, -0.05) is 0 Å². The molecule has 0 aromatic rings. The summed E-state index contributed by atoms with van der Waals surface area (Å²) >= 11 is 0. The molecule has 0 aromatic carbocycles. The van der Waals surface area contributed by atoms with E-state index >= 15 is 0 Å². The summed E-state index contributed by atoms with van der Waals surface area (Å²) in [5.41, 5.74) is 0.000880. The van der Waals surface area contributed by atoms with Crippen molar-refractivity contribution < 1.29 is 14.6 Å². The highest BCUT2D eigenvalue weighted by Crippen LogP contribution is 2.37. The van der Waals surface area contributed by atoms with E-state index < -0.39 is 0 Å². The Bertz CT molecular complexity index is 302. The van der Waals surface area contributed by atoms with Gasteiger partial charge in [0.25, 0.3) is 0 Å². The van der Waals surface area contributed by atoms with Gasteiger partial charge < -0.3 is 14.6 Å². The van der Waals surface area contributed by atoms with Crippen LogP contribution in [0.2, 0.25) is 0 Å². The number of ether oxygens (including phenoxy) is 2. The highest BCUT2D eigenvalue weighted by molar-refractivity contribution is 4.96. The Labute approximate surface area is 116 Å². The summed E-state index contributed by atoms with van der Waals surface area (Å²) in [5, 5.41) is 9.66. The van der Waals surface area contributed by atoms with Gasteiger partial charge in [0.15, 0.2) is 0 Å². The van der Waals surface area contributed by atoms with E-state index in [1.807, 2.05) is 6.92 Å². The Morgan fingerprint density at radius 2 is 2.26 bits per heavy atom. The van der Waals surface area contributed by atoms with E-state index in [0.29, 0.717) is 12.1 Å². The van der Waals surface area contributed by atoms with E-state index in [9.17, 15) is 5.11 Å². The van der Waals surface area contributed by atoms with Crippen molar-refractivity contribution in [2.75, 3.05) is 26.4 Å². The van der Waals surface area contributed by atoms with E-state index in [1.165, 1.54) is 19.4 Å². The van der Waals surface area contributed by atoms with Crippen LogP contribution in [0.15, 0.2) is 0 Å². The van der Waals surface area contributed by atoms with Gasteiger partial charge in [-0.15, -0.1) is 0 Å². The average molecular weight is 269 g/mol. The summed E-state index contributed by atoms with van der Waals surface area (Å²) in [4.78, 5) is 2.65. The number of rotatable bonds is 3. The quantitative estimate of drug-likeness (QED) is 0.844. The van der Waals surface area contributed by atoms with Crippen molar-refractivity contribution in [3.8, 4) is 0 Å². The molecule has 0 radical (unpaired) electrons. The van der Waals surface area contributed by atoms with Crippen molar-refractivity contribution in [1.29, 1.82) is 0 Å². The molecule has 0 amide bonds. The lowest BCUT2D eigenvalue weighted by Gasteiger charge is -2.43. The van der Waals surface area contributed by atoms with Gasteiger partial charge in [-0.05, 0) is 45.6 Å². The van der Waals surface area contributed by atoms with E-state index in [4.69, 9.17) is 9.47 Å². The second-order valence-corrected chi connectivity index (χ2v) is 6.60. The molecule has 0 aromatic heterocycles. The first-order valence-corrected chi connectivity index (χ1v) is 7.84. The van der Waals surface area contributed by atoms with Gasteiger partial charge in [0.2, 0.25) is 0 Å². The number of hydrogen-bond acceptors (Lipinski definition) is 4. The molecule has 3 aliphatic rings. The molecule has 0 bridgehead atoms. The van der Waals surface area contributed by atoms with Crippen molar-refractivity contribution in [3.05, 3.63) is 0 Å². The molecule has 0 aliphatic carbocycles. The zero-order chi connectivity index (χ0) is 13.3. The van der Waals surface area contributed by atoms with Crippen molar-refractivity contribution in [3.63, 3.8) is 0 Å². The highest BCUT2D eigenvalue weighted by Gasteiger charge is 2.44. The first kappa shape index (κ1) is 13.8. The third-order valence-electron chi connectivity index (χ3n) is 5.04. The minimum atomic E-state index is -0.186. The van der Waals surface area contributed by atoms with Crippen molar-refractivity contribution >= 4 is 0 Å². The van der Waals surface area contributed by atoms with Crippen LogP contribution in [-0.4, -0.2) is 60.2 Å². The Kier molecular flexibility index (Phi) is 4.13. The summed E-state index contributed by atoms with van der Waals surface area (Å²) in [6, 6.07) is 1.20. The molecule has 1 N–H and O–H groups in total. The average Bonchev–Trinajstić information content (AvgIpc) is 2.99. The second-order valence-electron chi connectivity index (χ2n) is 6.60. The number of hydrogen-bond donors (Lipinski definition) is 1. The van der Waals surface area contributed by atoms with E-state index in [-0.39, 0.29) is 11.7 Å². The van der Waals surface area contributed by atoms with E-state index in [0.717, 1.165) is 45.5 Å². The predicted molar refractivity (Wildman–Crippen MR) is 73.2 cm³/mol. The number of likely N-dealkylation sites (tertiary alicyclic amines) is 1. The first-order valence-electron chi connectivity index (χ1n) is 7.84. The minimum Gasteiger partial charge on any atom is -0.393 e. The Morgan fingerprint density at radius 3 is 3.00 bits per heavy atom. The SMILES string of the molecule is CC(O)CC1CCCN1C1CCOC2(CCOC2)C1. The molecule has 3 aliphatic heterocycles.